The van der Waals surface area contributed by atoms with Crippen molar-refractivity contribution in [2.24, 2.45) is 5.41 Å². The van der Waals surface area contributed by atoms with Gasteiger partial charge < -0.3 is 4.57 Å². The Balaban J connectivity index is 4.61. The van der Waals surface area contributed by atoms with Crippen LogP contribution in [0.2, 0.25) is 18.1 Å². The highest BCUT2D eigenvalue weighted by atomic mass is 28.3. The minimum absolute atomic E-state index is 0.407. The van der Waals surface area contributed by atoms with Crippen molar-refractivity contribution in [2.45, 2.75) is 59.7 Å². The molecule has 0 aromatic rings. The van der Waals surface area contributed by atoms with Crippen molar-refractivity contribution < 1.29 is 0 Å². The van der Waals surface area contributed by atoms with E-state index in [0.29, 0.717) is 10.5 Å². The monoisotopic (exact) mass is 215 g/mol. The van der Waals surface area contributed by atoms with Gasteiger partial charge in [-0.2, -0.15) is 0 Å². The molecule has 0 radical (unpaired) electrons. The largest absolute Gasteiger partial charge is 0.326 e. The Morgan fingerprint density at radius 3 is 1.50 bits per heavy atom. The smallest absolute Gasteiger partial charge is 0.127 e. The third-order valence-corrected chi connectivity index (χ3v) is 9.24. The quantitative estimate of drug-likeness (QED) is 0.630. The van der Waals surface area contributed by atoms with Crippen molar-refractivity contribution in [3.05, 3.63) is 0 Å². The third kappa shape index (κ3) is 3.74. The average molecular weight is 215 g/mol. The fraction of sp³-hybridized carbons (Fsp3) is 1.00. The zero-order chi connectivity index (χ0) is 11.8. The molecule has 0 aromatic heterocycles. The summed E-state index contributed by atoms with van der Waals surface area (Å²) < 4.78 is 2.62. The summed E-state index contributed by atoms with van der Waals surface area (Å²) in [5.74, 6) is 0. The molecule has 0 unspecified atom stereocenters. The molecule has 0 fully saturated rings. The van der Waals surface area contributed by atoms with E-state index in [2.05, 4.69) is 66.2 Å². The van der Waals surface area contributed by atoms with Crippen molar-refractivity contribution >= 4 is 8.24 Å². The van der Waals surface area contributed by atoms with Gasteiger partial charge in [-0.3, -0.25) is 0 Å². The Bertz CT molecular complexity index is 183. The van der Waals surface area contributed by atoms with Gasteiger partial charge in [0.1, 0.15) is 8.24 Å². The minimum Gasteiger partial charge on any atom is -0.326 e. The van der Waals surface area contributed by atoms with Gasteiger partial charge in [0.25, 0.3) is 0 Å². The Kier molecular flexibility index (Phi) is 4.02. The molecule has 2 heteroatoms. The van der Waals surface area contributed by atoms with Crippen LogP contribution in [0.25, 0.3) is 0 Å². The van der Waals surface area contributed by atoms with E-state index in [1.165, 1.54) is 6.54 Å². The number of rotatable bonds is 2. The first-order valence-corrected chi connectivity index (χ1v) is 8.54. The molecule has 0 saturated carbocycles. The van der Waals surface area contributed by atoms with E-state index in [-0.39, 0.29) is 0 Å². The van der Waals surface area contributed by atoms with Crippen LogP contribution in [0.4, 0.5) is 0 Å². The van der Waals surface area contributed by atoms with Crippen LogP contribution in [0, 0.1) is 5.41 Å². The van der Waals surface area contributed by atoms with Crippen molar-refractivity contribution in [1.82, 2.24) is 4.57 Å². The maximum atomic E-state index is 2.62. The SMILES string of the molecule is CN(CC(C)(C)C)[Si](C)(C)C(C)(C)C. The Morgan fingerprint density at radius 2 is 1.29 bits per heavy atom. The molecule has 0 saturated heterocycles. The Hall–Kier alpha value is 0.177. The fourth-order valence-corrected chi connectivity index (χ4v) is 3.50. The van der Waals surface area contributed by atoms with Crippen LogP contribution in [0.15, 0.2) is 0 Å². The average Bonchev–Trinajstić information content (AvgIpc) is 1.80. The molecule has 0 bridgehead atoms. The molecule has 0 aromatic carbocycles. The first-order chi connectivity index (χ1) is 5.88. The van der Waals surface area contributed by atoms with Gasteiger partial charge in [0.2, 0.25) is 0 Å². The standard InChI is InChI=1S/C12H29NSi/c1-11(2,3)10-13(7)14(8,9)12(4,5)6/h10H2,1-9H3. The molecule has 0 rings (SSSR count). The van der Waals surface area contributed by atoms with E-state index in [1.54, 1.807) is 0 Å². The van der Waals surface area contributed by atoms with Crippen LogP contribution in [0.1, 0.15) is 41.5 Å². The van der Waals surface area contributed by atoms with Gasteiger partial charge in [-0.15, -0.1) is 0 Å². The van der Waals surface area contributed by atoms with E-state index in [0.717, 1.165) is 0 Å². The summed E-state index contributed by atoms with van der Waals surface area (Å²) in [4.78, 5) is 0. The zero-order valence-electron chi connectivity index (χ0n) is 11.7. The molecule has 0 spiro atoms. The van der Waals surface area contributed by atoms with Crippen LogP contribution in [0.3, 0.4) is 0 Å². The van der Waals surface area contributed by atoms with E-state index in [1.807, 2.05) is 0 Å². The second-order valence-corrected chi connectivity index (χ2v) is 12.6. The van der Waals surface area contributed by atoms with Gasteiger partial charge in [0, 0.05) is 0 Å². The number of hydrogen-bond acceptors (Lipinski definition) is 1. The number of hydrogen-bond donors (Lipinski definition) is 0. The maximum Gasteiger partial charge on any atom is 0.127 e. The van der Waals surface area contributed by atoms with Gasteiger partial charge >= 0.3 is 0 Å². The van der Waals surface area contributed by atoms with Crippen molar-refractivity contribution in [3.63, 3.8) is 0 Å². The second-order valence-electron chi connectivity index (χ2n) is 7.23. The predicted octanol–water partition coefficient (Wildman–Crippen LogP) is 3.97. The van der Waals surface area contributed by atoms with Crippen molar-refractivity contribution in [1.29, 1.82) is 0 Å². The van der Waals surface area contributed by atoms with Crippen LogP contribution in [-0.2, 0) is 0 Å². The lowest BCUT2D eigenvalue weighted by atomic mass is 9.97. The summed E-state index contributed by atoms with van der Waals surface area (Å²) in [5, 5.41) is 0.451. The lowest BCUT2D eigenvalue weighted by Crippen LogP contribution is -2.55. The highest BCUT2D eigenvalue weighted by molar-refractivity contribution is 6.77. The Labute approximate surface area is 92.0 Å². The van der Waals surface area contributed by atoms with Gasteiger partial charge in [-0.1, -0.05) is 54.6 Å². The Morgan fingerprint density at radius 1 is 0.929 bits per heavy atom. The van der Waals surface area contributed by atoms with Crippen molar-refractivity contribution in [2.75, 3.05) is 13.6 Å². The second kappa shape index (κ2) is 3.97. The van der Waals surface area contributed by atoms with Gasteiger partial charge in [0.15, 0.2) is 0 Å². The fourth-order valence-electron chi connectivity index (χ4n) is 1.48. The van der Waals surface area contributed by atoms with Crippen LogP contribution in [0.5, 0.6) is 0 Å². The summed E-state index contributed by atoms with van der Waals surface area (Å²) in [6.45, 7) is 20.2. The summed E-state index contributed by atoms with van der Waals surface area (Å²) >= 11 is 0. The maximum absolute atomic E-state index is 2.62. The van der Waals surface area contributed by atoms with Crippen LogP contribution < -0.4 is 0 Å². The van der Waals surface area contributed by atoms with Crippen LogP contribution in [-0.4, -0.2) is 26.4 Å². The molecule has 0 aliphatic rings. The first-order valence-electron chi connectivity index (χ1n) is 5.59. The summed E-state index contributed by atoms with van der Waals surface area (Å²) in [6, 6.07) is 0. The zero-order valence-corrected chi connectivity index (χ0v) is 12.7. The van der Waals surface area contributed by atoms with Crippen LogP contribution >= 0.6 is 0 Å². The minimum atomic E-state index is -1.28. The molecule has 86 valence electrons. The topological polar surface area (TPSA) is 3.24 Å². The summed E-state index contributed by atoms with van der Waals surface area (Å²) in [6.07, 6.45) is 0. The summed E-state index contributed by atoms with van der Waals surface area (Å²) in [7, 11) is 1.01. The third-order valence-electron chi connectivity index (χ3n) is 3.50. The van der Waals surface area contributed by atoms with Gasteiger partial charge in [-0.25, -0.2) is 0 Å². The molecule has 0 aliphatic heterocycles. The lowest BCUT2D eigenvalue weighted by molar-refractivity contribution is 0.299. The molecule has 0 heterocycles. The molecular weight excluding hydrogens is 186 g/mol. The highest BCUT2D eigenvalue weighted by Crippen LogP contribution is 2.38. The van der Waals surface area contributed by atoms with E-state index in [9.17, 15) is 0 Å². The normalized spacial score (nSPS) is 15.0. The molecule has 0 N–H and O–H groups in total. The van der Waals surface area contributed by atoms with E-state index < -0.39 is 8.24 Å². The van der Waals surface area contributed by atoms with E-state index in [4.69, 9.17) is 0 Å². The van der Waals surface area contributed by atoms with Gasteiger partial charge in [0.05, 0.1) is 0 Å². The molecule has 14 heavy (non-hydrogen) atoms. The lowest BCUT2D eigenvalue weighted by Gasteiger charge is -2.46. The molecular formula is C12H29NSi. The van der Waals surface area contributed by atoms with Crippen molar-refractivity contribution in [3.8, 4) is 0 Å². The molecule has 1 nitrogen and oxygen atoms in total. The summed E-state index contributed by atoms with van der Waals surface area (Å²) in [5.41, 5.74) is 0.407. The predicted molar refractivity (Wildman–Crippen MR) is 69.3 cm³/mol. The number of nitrogens with zero attached hydrogens (tertiary/aromatic N) is 1. The van der Waals surface area contributed by atoms with E-state index >= 15 is 0 Å². The molecule has 0 amide bonds. The first kappa shape index (κ1) is 14.2. The molecule has 0 aliphatic carbocycles. The molecule has 0 atom stereocenters. The van der Waals surface area contributed by atoms with Gasteiger partial charge in [-0.05, 0) is 24.0 Å². The highest BCUT2D eigenvalue weighted by Gasteiger charge is 2.40.